The third-order valence-corrected chi connectivity index (χ3v) is 15.0. The van der Waals surface area contributed by atoms with Crippen molar-refractivity contribution in [3.05, 3.63) is 143 Å². The van der Waals surface area contributed by atoms with Crippen LogP contribution in [-0.4, -0.2) is 127 Å². The number of amides is 8. The maximum absolute atomic E-state index is 14.5. The third-order valence-electron chi connectivity index (χ3n) is 14.2. The van der Waals surface area contributed by atoms with E-state index in [9.17, 15) is 38.4 Å². The van der Waals surface area contributed by atoms with Gasteiger partial charge in [0.2, 0.25) is 23.6 Å². The van der Waals surface area contributed by atoms with Crippen LogP contribution >= 0.6 is 11.9 Å². The molecule has 20 heteroatoms. The molecule has 460 valence electrons. The number of alkyl carbamates (subject to hydrolysis) is 2. The molecule has 1 aliphatic carbocycles. The number of carbonyl (C=O) groups excluding carboxylic acids is 8. The summed E-state index contributed by atoms with van der Waals surface area (Å²) >= 11 is 1.19. The highest BCUT2D eigenvalue weighted by Gasteiger charge is 2.45. The number of likely N-dealkylation sites (N-methyl/N-ethyl adjacent to an activating group) is 2. The van der Waals surface area contributed by atoms with Gasteiger partial charge >= 0.3 is 18.3 Å². The lowest BCUT2D eigenvalue weighted by Gasteiger charge is -2.42. The SMILES string of the molecule is C/C(=C\CN(C)C(=O)C(NC(=O)C(N(C)C(=O)OC(C)(C)C)C(C)(C)c1ccccc1)C(C)(C)C)C(=O)NSCc1ccc(CNC(=O)C(CCCCNC(=O)OC(C)(C)C)NC(=O)CNC(=O)OCC2c3ccccc3-c3ccccc32)cc1. The summed E-state index contributed by atoms with van der Waals surface area (Å²) in [5.74, 6) is -2.03. The second-order valence-corrected chi connectivity index (χ2v) is 25.8. The lowest BCUT2D eigenvalue weighted by molar-refractivity contribution is -0.140. The van der Waals surface area contributed by atoms with Gasteiger partial charge in [0.25, 0.3) is 5.91 Å². The number of nitrogens with zero attached hydrogens (tertiary/aromatic N) is 2. The van der Waals surface area contributed by atoms with Crippen LogP contribution in [0.5, 0.6) is 0 Å². The van der Waals surface area contributed by atoms with E-state index in [1.807, 2.05) is 138 Å². The third kappa shape index (κ3) is 20.7. The zero-order valence-electron chi connectivity index (χ0n) is 51.9. The van der Waals surface area contributed by atoms with Gasteiger partial charge in [-0.2, -0.15) is 0 Å². The number of nitrogens with one attached hydrogen (secondary N) is 6. The minimum atomic E-state index is -1.07. The van der Waals surface area contributed by atoms with E-state index < -0.39 is 82.7 Å². The Bertz CT molecular complexity index is 2960. The summed E-state index contributed by atoms with van der Waals surface area (Å²) in [4.78, 5) is 110. The smallest absolute Gasteiger partial charge is 0.410 e. The van der Waals surface area contributed by atoms with E-state index in [1.165, 1.54) is 28.8 Å². The van der Waals surface area contributed by atoms with Gasteiger partial charge in [-0.15, -0.1) is 0 Å². The van der Waals surface area contributed by atoms with Crippen LogP contribution in [0.25, 0.3) is 11.1 Å². The monoisotopic (exact) mass is 1190 g/mol. The van der Waals surface area contributed by atoms with Crippen molar-refractivity contribution in [2.45, 2.75) is 155 Å². The molecule has 0 saturated carbocycles. The average molecular weight is 1190 g/mol. The molecule has 3 unspecified atom stereocenters. The molecule has 0 aliphatic heterocycles. The number of hydrogen-bond donors (Lipinski definition) is 6. The van der Waals surface area contributed by atoms with Crippen LogP contribution in [0.1, 0.15) is 136 Å². The molecule has 0 bridgehead atoms. The summed E-state index contributed by atoms with van der Waals surface area (Å²) in [6.45, 7) is 21.6. The Balaban J connectivity index is 1.11. The van der Waals surface area contributed by atoms with Crippen LogP contribution in [0.15, 0.2) is 115 Å². The van der Waals surface area contributed by atoms with Gasteiger partial charge in [-0.25, -0.2) is 14.4 Å². The fraction of sp³-hybridized carbons (Fsp3) is 0.477. The molecule has 3 atom stereocenters. The maximum atomic E-state index is 14.5. The molecule has 0 aromatic heterocycles. The number of unbranched alkanes of at least 4 members (excludes halogenated alkanes) is 1. The van der Waals surface area contributed by atoms with E-state index in [0.717, 1.165) is 38.9 Å². The molecule has 4 aromatic rings. The Labute approximate surface area is 506 Å². The number of rotatable bonds is 25. The fourth-order valence-electron chi connectivity index (χ4n) is 9.62. The van der Waals surface area contributed by atoms with Gasteiger partial charge in [0.05, 0.1) is 0 Å². The van der Waals surface area contributed by atoms with Gasteiger partial charge in [0.1, 0.15) is 42.5 Å². The van der Waals surface area contributed by atoms with Gasteiger partial charge < -0.3 is 45.7 Å². The first-order valence-electron chi connectivity index (χ1n) is 28.7. The highest BCUT2D eigenvalue weighted by Crippen LogP contribution is 2.44. The van der Waals surface area contributed by atoms with Crippen molar-refractivity contribution in [1.82, 2.24) is 41.1 Å². The van der Waals surface area contributed by atoms with Crippen molar-refractivity contribution in [2.24, 2.45) is 5.41 Å². The molecule has 6 N–H and O–H groups in total. The van der Waals surface area contributed by atoms with Crippen molar-refractivity contribution >= 4 is 59.8 Å². The molecule has 0 spiro atoms. The largest absolute Gasteiger partial charge is 0.449 e. The molecule has 8 amide bonds. The van der Waals surface area contributed by atoms with E-state index in [4.69, 9.17) is 14.2 Å². The summed E-state index contributed by atoms with van der Waals surface area (Å²) in [7, 11) is 3.12. The van der Waals surface area contributed by atoms with Crippen molar-refractivity contribution in [3.63, 3.8) is 0 Å². The van der Waals surface area contributed by atoms with E-state index in [1.54, 1.807) is 61.6 Å². The average Bonchev–Trinajstić information content (AvgIpc) is 2.58. The Morgan fingerprint density at radius 1 is 0.647 bits per heavy atom. The number of hydrogen-bond acceptors (Lipinski definition) is 12. The Hall–Kier alpha value is -7.87. The minimum absolute atomic E-state index is 0.0707. The molecule has 85 heavy (non-hydrogen) atoms. The van der Waals surface area contributed by atoms with Crippen LogP contribution in [0, 0.1) is 5.41 Å². The molecule has 0 radical (unpaired) electrons. The van der Waals surface area contributed by atoms with Gasteiger partial charge in [-0.1, -0.05) is 144 Å². The molecular formula is C65H88N8O11S. The quantitative estimate of drug-likeness (QED) is 0.0157. The summed E-state index contributed by atoms with van der Waals surface area (Å²) in [5, 5.41) is 13.9. The van der Waals surface area contributed by atoms with E-state index in [2.05, 4.69) is 31.3 Å². The van der Waals surface area contributed by atoms with Crippen LogP contribution in [0.4, 0.5) is 14.4 Å². The minimum Gasteiger partial charge on any atom is -0.449 e. The Kier molecular flexibility index (Phi) is 24.2. The number of benzene rings is 4. The van der Waals surface area contributed by atoms with Gasteiger partial charge in [0, 0.05) is 56.4 Å². The van der Waals surface area contributed by atoms with Crippen LogP contribution in [0.2, 0.25) is 0 Å². The molecule has 4 aromatic carbocycles. The molecule has 19 nitrogen and oxygen atoms in total. The Morgan fingerprint density at radius 2 is 1.22 bits per heavy atom. The topological polar surface area (TPSA) is 243 Å². The van der Waals surface area contributed by atoms with Crippen LogP contribution < -0.4 is 31.3 Å². The second kappa shape index (κ2) is 30.3. The standard InChI is InChI=1S/C65H88N8O11S/c1-42(35-37-72(13)58(78)53(62(2,3)4)70-57(77)54(73(14)61(81)84-64(8,9)10)65(11,12)45-24-16-15-17-25-45)55(75)71-85-41-44-33-31-43(32-34-44)38-67-56(76)51(30-22-23-36-66-60(80)83-63(5,6)7)69-52(74)39-68-59(79)82-40-50-48-28-20-18-26-46(48)47-27-19-21-29-49(47)50/h15-21,24-29,31-35,50-51,53-54H,22-23,30,36-41H2,1-14H3,(H,66,80)(H,67,76)(H,68,79)(H,69,74)(H,70,77)(H,71,75)/b42-35+. The number of carbonyl (C=O) groups is 8. The zero-order valence-corrected chi connectivity index (χ0v) is 52.7. The summed E-state index contributed by atoms with van der Waals surface area (Å²) in [6, 6.07) is 29.7. The van der Waals surface area contributed by atoms with E-state index in [0.29, 0.717) is 30.7 Å². The highest BCUT2D eigenvalue weighted by molar-refractivity contribution is 7.97. The molecule has 0 saturated heterocycles. The molecular weight excluding hydrogens is 1100 g/mol. The predicted molar refractivity (Wildman–Crippen MR) is 331 cm³/mol. The first-order valence-corrected chi connectivity index (χ1v) is 29.7. The molecule has 0 fully saturated rings. The summed E-state index contributed by atoms with van der Waals surface area (Å²) in [5.41, 5.74) is 4.01. The van der Waals surface area contributed by atoms with E-state index in [-0.39, 0.29) is 43.8 Å². The maximum Gasteiger partial charge on any atom is 0.410 e. The molecule has 0 heterocycles. The van der Waals surface area contributed by atoms with Gasteiger partial charge in [-0.3, -0.25) is 33.6 Å². The fourth-order valence-corrected chi connectivity index (χ4v) is 10.3. The van der Waals surface area contributed by atoms with Gasteiger partial charge in [0.15, 0.2) is 0 Å². The summed E-state index contributed by atoms with van der Waals surface area (Å²) in [6.07, 6.45) is 0.845. The van der Waals surface area contributed by atoms with Gasteiger partial charge in [-0.05, 0) is 124 Å². The summed E-state index contributed by atoms with van der Waals surface area (Å²) < 4.78 is 19.4. The number of ether oxygens (including phenoxy) is 3. The second-order valence-electron chi connectivity index (χ2n) is 25.0. The normalized spacial score (nSPS) is 13.6. The highest BCUT2D eigenvalue weighted by atomic mass is 32.2. The first-order chi connectivity index (χ1) is 39.9. The van der Waals surface area contributed by atoms with Crippen molar-refractivity contribution < 1.29 is 52.6 Å². The molecule has 1 aliphatic rings. The molecule has 5 rings (SSSR count). The van der Waals surface area contributed by atoms with Crippen LogP contribution in [0.3, 0.4) is 0 Å². The lowest BCUT2D eigenvalue weighted by atomic mass is 9.76. The van der Waals surface area contributed by atoms with E-state index >= 15 is 0 Å². The van der Waals surface area contributed by atoms with Crippen molar-refractivity contribution in [3.8, 4) is 11.1 Å². The predicted octanol–water partition coefficient (Wildman–Crippen LogP) is 9.43. The lowest BCUT2D eigenvalue weighted by Crippen LogP contribution is -2.62. The van der Waals surface area contributed by atoms with Crippen LogP contribution in [-0.2, 0) is 55.9 Å². The number of fused-ring (bicyclic) bond motifs is 3. The first kappa shape index (κ1) is 67.9. The van der Waals surface area contributed by atoms with Crippen molar-refractivity contribution in [2.75, 3.05) is 40.3 Å². The zero-order chi connectivity index (χ0) is 62.9. The Morgan fingerprint density at radius 3 is 1.81 bits per heavy atom. The van der Waals surface area contributed by atoms with Crippen molar-refractivity contribution in [1.29, 1.82) is 0 Å².